The Morgan fingerprint density at radius 1 is 1.45 bits per heavy atom. The molecule has 1 fully saturated rings. The zero-order valence-corrected chi connectivity index (χ0v) is 12.8. The van der Waals surface area contributed by atoms with E-state index in [-0.39, 0.29) is 0 Å². The zero-order valence-electron chi connectivity index (χ0n) is 12.8. The van der Waals surface area contributed by atoms with Gasteiger partial charge in [-0.2, -0.15) is 0 Å². The van der Waals surface area contributed by atoms with Crippen molar-refractivity contribution in [1.82, 2.24) is 5.32 Å². The van der Waals surface area contributed by atoms with Gasteiger partial charge in [0, 0.05) is 39.0 Å². The van der Waals surface area contributed by atoms with E-state index in [0.29, 0.717) is 6.10 Å². The van der Waals surface area contributed by atoms with Gasteiger partial charge in [-0.25, -0.2) is 0 Å². The number of nitrogens with one attached hydrogen (secondary N) is 1. The molecule has 0 bridgehead atoms. The molecule has 1 aliphatic heterocycles. The molecule has 1 saturated heterocycles. The summed E-state index contributed by atoms with van der Waals surface area (Å²) in [6, 6.07) is 6.73. The van der Waals surface area contributed by atoms with Gasteiger partial charge in [0.25, 0.3) is 0 Å². The Kier molecular flexibility index (Phi) is 5.83. The first kappa shape index (κ1) is 15.3. The molecule has 1 unspecified atom stereocenters. The third-order valence-electron chi connectivity index (χ3n) is 3.73. The van der Waals surface area contributed by atoms with Gasteiger partial charge in [0.15, 0.2) is 0 Å². The summed E-state index contributed by atoms with van der Waals surface area (Å²) in [6.07, 6.45) is 0.319. The van der Waals surface area contributed by atoms with Crippen LogP contribution in [0.25, 0.3) is 0 Å². The molecular formula is C16H26N2O2. The van der Waals surface area contributed by atoms with Crippen LogP contribution in [0.2, 0.25) is 0 Å². The van der Waals surface area contributed by atoms with Gasteiger partial charge < -0.3 is 19.7 Å². The Morgan fingerprint density at radius 2 is 2.30 bits per heavy atom. The largest absolute Gasteiger partial charge is 0.383 e. The maximum atomic E-state index is 5.60. The fourth-order valence-electron chi connectivity index (χ4n) is 2.53. The van der Waals surface area contributed by atoms with Crippen LogP contribution >= 0.6 is 0 Å². The number of morpholine rings is 1. The number of hydrogen-bond acceptors (Lipinski definition) is 4. The lowest BCUT2D eigenvalue weighted by Crippen LogP contribution is -2.41. The van der Waals surface area contributed by atoms with E-state index in [1.54, 1.807) is 7.11 Å². The van der Waals surface area contributed by atoms with Crippen molar-refractivity contribution in [2.45, 2.75) is 26.5 Å². The number of ether oxygens (including phenoxy) is 2. The predicted molar refractivity (Wildman–Crippen MR) is 82.4 cm³/mol. The van der Waals surface area contributed by atoms with Gasteiger partial charge in [0.05, 0.1) is 19.3 Å². The van der Waals surface area contributed by atoms with Gasteiger partial charge in [0.1, 0.15) is 0 Å². The third kappa shape index (κ3) is 4.20. The van der Waals surface area contributed by atoms with E-state index >= 15 is 0 Å². The fourth-order valence-corrected chi connectivity index (χ4v) is 2.53. The second kappa shape index (κ2) is 7.62. The first-order valence-corrected chi connectivity index (χ1v) is 7.36. The monoisotopic (exact) mass is 278 g/mol. The Labute approximate surface area is 122 Å². The smallest absolute Gasteiger partial charge is 0.0722 e. The highest BCUT2D eigenvalue weighted by Gasteiger charge is 2.17. The minimum absolute atomic E-state index is 0.319. The van der Waals surface area contributed by atoms with E-state index in [0.717, 1.165) is 39.4 Å². The second-order valence-electron chi connectivity index (χ2n) is 5.41. The molecule has 0 aromatic heterocycles. The molecule has 4 nitrogen and oxygen atoms in total. The van der Waals surface area contributed by atoms with Crippen molar-refractivity contribution in [3.63, 3.8) is 0 Å². The molecule has 4 heteroatoms. The van der Waals surface area contributed by atoms with E-state index in [9.17, 15) is 0 Å². The summed E-state index contributed by atoms with van der Waals surface area (Å²) in [6.45, 7) is 9.63. The summed E-state index contributed by atoms with van der Waals surface area (Å²) in [7, 11) is 1.73. The molecule has 0 spiro atoms. The number of rotatable bonds is 6. The van der Waals surface area contributed by atoms with Crippen LogP contribution in [-0.2, 0) is 16.0 Å². The van der Waals surface area contributed by atoms with Crippen LogP contribution in [0, 0.1) is 6.92 Å². The van der Waals surface area contributed by atoms with Gasteiger partial charge in [-0.15, -0.1) is 0 Å². The van der Waals surface area contributed by atoms with Crippen molar-refractivity contribution in [2.75, 3.05) is 44.9 Å². The van der Waals surface area contributed by atoms with Crippen LogP contribution in [0.5, 0.6) is 0 Å². The van der Waals surface area contributed by atoms with Gasteiger partial charge in [-0.1, -0.05) is 6.07 Å². The highest BCUT2D eigenvalue weighted by Crippen LogP contribution is 2.21. The number of aryl methyl sites for hydroxylation is 1. The SMILES string of the molecule is COCCNCc1ccc(N2CCOC(C)C2)cc1C. The average Bonchev–Trinajstić information content (AvgIpc) is 2.45. The van der Waals surface area contributed by atoms with Crippen LogP contribution in [0.4, 0.5) is 5.69 Å². The van der Waals surface area contributed by atoms with E-state index < -0.39 is 0 Å². The summed E-state index contributed by atoms with van der Waals surface area (Å²) < 4.78 is 10.6. The summed E-state index contributed by atoms with van der Waals surface area (Å²) in [5.41, 5.74) is 4.00. The van der Waals surface area contributed by atoms with E-state index in [2.05, 4.69) is 42.3 Å². The first-order valence-electron chi connectivity index (χ1n) is 7.36. The molecule has 0 amide bonds. The Bertz CT molecular complexity index is 423. The highest BCUT2D eigenvalue weighted by atomic mass is 16.5. The van der Waals surface area contributed by atoms with Crippen molar-refractivity contribution in [3.05, 3.63) is 29.3 Å². The quantitative estimate of drug-likeness (QED) is 0.807. The fraction of sp³-hybridized carbons (Fsp3) is 0.625. The first-order chi connectivity index (χ1) is 9.70. The summed E-state index contributed by atoms with van der Waals surface area (Å²) in [5, 5.41) is 3.39. The lowest BCUT2D eigenvalue weighted by molar-refractivity contribution is 0.0532. The molecule has 20 heavy (non-hydrogen) atoms. The van der Waals surface area contributed by atoms with Gasteiger partial charge in [-0.3, -0.25) is 0 Å². The van der Waals surface area contributed by atoms with Gasteiger partial charge in [0.2, 0.25) is 0 Å². The van der Waals surface area contributed by atoms with E-state index in [1.165, 1.54) is 16.8 Å². The average molecular weight is 278 g/mol. The third-order valence-corrected chi connectivity index (χ3v) is 3.73. The molecule has 0 aliphatic carbocycles. The zero-order chi connectivity index (χ0) is 14.4. The predicted octanol–water partition coefficient (Wildman–Crippen LogP) is 1.96. The minimum Gasteiger partial charge on any atom is -0.383 e. The minimum atomic E-state index is 0.319. The molecule has 1 heterocycles. The summed E-state index contributed by atoms with van der Waals surface area (Å²) in [5.74, 6) is 0. The number of anilines is 1. The molecule has 1 aromatic rings. The van der Waals surface area contributed by atoms with Crippen LogP contribution in [0.3, 0.4) is 0 Å². The van der Waals surface area contributed by atoms with Crippen LogP contribution in [-0.4, -0.2) is 46.1 Å². The summed E-state index contributed by atoms with van der Waals surface area (Å²) >= 11 is 0. The molecule has 112 valence electrons. The van der Waals surface area contributed by atoms with E-state index in [1.807, 2.05) is 0 Å². The van der Waals surface area contributed by atoms with Crippen molar-refractivity contribution >= 4 is 5.69 Å². The van der Waals surface area contributed by atoms with Gasteiger partial charge in [-0.05, 0) is 37.1 Å². The summed E-state index contributed by atoms with van der Waals surface area (Å²) in [4.78, 5) is 2.41. The van der Waals surface area contributed by atoms with Crippen molar-refractivity contribution in [1.29, 1.82) is 0 Å². The molecule has 1 atom stereocenters. The normalized spacial score (nSPS) is 19.4. The lowest BCUT2D eigenvalue weighted by Gasteiger charge is -2.33. The Balaban J connectivity index is 1.94. The Morgan fingerprint density at radius 3 is 3.00 bits per heavy atom. The van der Waals surface area contributed by atoms with Crippen molar-refractivity contribution in [2.24, 2.45) is 0 Å². The topological polar surface area (TPSA) is 33.7 Å². The highest BCUT2D eigenvalue weighted by molar-refractivity contribution is 5.51. The second-order valence-corrected chi connectivity index (χ2v) is 5.41. The molecule has 1 aromatic carbocycles. The Hall–Kier alpha value is -1.10. The standard InChI is InChI=1S/C16H26N2O2/c1-13-10-16(18-7-9-20-14(2)12-18)5-4-15(13)11-17-6-8-19-3/h4-5,10,14,17H,6-9,11-12H2,1-3H3. The van der Waals surface area contributed by atoms with Crippen molar-refractivity contribution in [3.8, 4) is 0 Å². The van der Waals surface area contributed by atoms with Crippen LogP contribution in [0.15, 0.2) is 18.2 Å². The molecule has 1 N–H and O–H groups in total. The van der Waals surface area contributed by atoms with E-state index in [4.69, 9.17) is 9.47 Å². The number of benzene rings is 1. The number of methoxy groups -OCH3 is 1. The lowest BCUT2D eigenvalue weighted by atomic mass is 10.1. The maximum absolute atomic E-state index is 5.60. The maximum Gasteiger partial charge on any atom is 0.0722 e. The molecule has 0 saturated carbocycles. The molecule has 0 radical (unpaired) electrons. The number of nitrogens with zero attached hydrogens (tertiary/aromatic N) is 1. The van der Waals surface area contributed by atoms with Crippen LogP contribution < -0.4 is 10.2 Å². The molecular weight excluding hydrogens is 252 g/mol. The number of hydrogen-bond donors (Lipinski definition) is 1. The molecule has 2 rings (SSSR count). The molecule has 1 aliphatic rings. The van der Waals surface area contributed by atoms with Crippen LogP contribution in [0.1, 0.15) is 18.1 Å². The van der Waals surface area contributed by atoms with Crippen molar-refractivity contribution < 1.29 is 9.47 Å². The van der Waals surface area contributed by atoms with Gasteiger partial charge >= 0.3 is 0 Å².